The summed E-state index contributed by atoms with van der Waals surface area (Å²) >= 11 is 3.03. The van der Waals surface area contributed by atoms with E-state index >= 15 is 9.59 Å². The van der Waals surface area contributed by atoms with E-state index < -0.39 is 0 Å². The molecule has 48 heavy (non-hydrogen) atoms. The van der Waals surface area contributed by atoms with Gasteiger partial charge in [-0.3, -0.25) is 9.59 Å². The molecule has 6 aromatic carbocycles. The predicted octanol–water partition coefficient (Wildman–Crippen LogP) is 11.5. The highest BCUT2D eigenvalue weighted by Crippen LogP contribution is 2.46. The molecule has 0 heterocycles. The maximum Gasteiger partial charge on any atom is 0.197 e. The van der Waals surface area contributed by atoms with E-state index in [9.17, 15) is 0 Å². The number of rotatable bonds is 8. The molecule has 0 radical (unpaired) electrons. The summed E-state index contributed by atoms with van der Waals surface area (Å²) in [4.78, 5) is 33.6. The molecule has 4 nitrogen and oxygen atoms in total. The lowest BCUT2D eigenvalue weighted by Gasteiger charge is -2.27. The Kier molecular flexibility index (Phi) is 8.69. The Bertz CT molecular complexity index is 2050. The van der Waals surface area contributed by atoms with Crippen LogP contribution >= 0.6 is 23.5 Å². The van der Waals surface area contributed by atoms with Crippen LogP contribution in [0.1, 0.15) is 54.1 Å². The van der Waals surface area contributed by atoms with E-state index in [0.717, 1.165) is 53.2 Å². The third kappa shape index (κ3) is 6.42. The van der Waals surface area contributed by atoms with Crippen LogP contribution < -0.4 is 10.6 Å². The van der Waals surface area contributed by atoms with Crippen molar-refractivity contribution in [3.8, 4) is 0 Å². The van der Waals surface area contributed by atoms with Gasteiger partial charge in [0.25, 0.3) is 0 Å². The smallest absolute Gasteiger partial charge is 0.197 e. The molecular formula is C42H34N2O2S2. The highest BCUT2D eigenvalue weighted by atomic mass is 32.2. The van der Waals surface area contributed by atoms with E-state index in [1.165, 1.54) is 23.5 Å². The van der Waals surface area contributed by atoms with Gasteiger partial charge in [0.05, 0.1) is 22.5 Å². The average Bonchev–Trinajstić information content (AvgIpc) is 3.07. The van der Waals surface area contributed by atoms with Crippen LogP contribution in [0.5, 0.6) is 0 Å². The molecule has 0 aromatic heterocycles. The number of anilines is 4. The quantitative estimate of drug-likeness (QED) is 0.169. The van der Waals surface area contributed by atoms with Gasteiger partial charge in [-0.15, -0.1) is 0 Å². The fraction of sp³-hybridized carbons (Fsp3) is 0.0952. The van der Waals surface area contributed by atoms with Gasteiger partial charge in [-0.2, -0.15) is 0 Å². The van der Waals surface area contributed by atoms with Crippen LogP contribution in [-0.2, 0) is 0 Å². The Morgan fingerprint density at radius 1 is 0.417 bits per heavy atom. The van der Waals surface area contributed by atoms with Crippen LogP contribution in [0.15, 0.2) is 141 Å². The van der Waals surface area contributed by atoms with Gasteiger partial charge in [0, 0.05) is 42.1 Å². The molecule has 2 N–H and O–H groups in total. The summed E-state index contributed by atoms with van der Waals surface area (Å²) in [6, 6.07) is 40.2. The van der Waals surface area contributed by atoms with Gasteiger partial charge in [0.2, 0.25) is 0 Å². The number of hydrogen-bond donors (Lipinski definition) is 2. The van der Waals surface area contributed by atoms with Crippen LogP contribution in [0.2, 0.25) is 0 Å². The van der Waals surface area contributed by atoms with Gasteiger partial charge in [-0.05, 0) is 106 Å². The third-order valence-electron chi connectivity index (χ3n) is 8.34. The van der Waals surface area contributed by atoms with Crippen molar-refractivity contribution in [1.29, 1.82) is 0 Å². The number of benzene rings is 6. The van der Waals surface area contributed by atoms with Crippen molar-refractivity contribution < 1.29 is 9.59 Å². The zero-order chi connectivity index (χ0) is 33.4. The van der Waals surface area contributed by atoms with Crippen molar-refractivity contribution in [3.63, 3.8) is 0 Å². The van der Waals surface area contributed by atoms with E-state index in [2.05, 4.69) is 60.9 Å². The number of hydrogen-bond acceptors (Lipinski definition) is 6. The molecule has 0 spiro atoms. The largest absolute Gasteiger partial charge is 0.355 e. The van der Waals surface area contributed by atoms with E-state index in [0.29, 0.717) is 33.6 Å². The fourth-order valence-electron chi connectivity index (χ4n) is 5.93. The molecule has 0 saturated carbocycles. The van der Waals surface area contributed by atoms with Crippen molar-refractivity contribution >= 4 is 57.8 Å². The molecule has 6 heteroatoms. The topological polar surface area (TPSA) is 58.2 Å². The Labute approximate surface area is 290 Å². The van der Waals surface area contributed by atoms with Gasteiger partial charge in [0.1, 0.15) is 0 Å². The van der Waals surface area contributed by atoms with Gasteiger partial charge in [-0.1, -0.05) is 88.7 Å². The zero-order valence-electron chi connectivity index (χ0n) is 27.2. The lowest BCUT2D eigenvalue weighted by Crippen LogP contribution is -2.25. The molecule has 6 aromatic rings. The number of carbonyl (C=O) groups excluding carboxylic acids is 2. The minimum Gasteiger partial charge on any atom is -0.355 e. The number of ketones is 2. The van der Waals surface area contributed by atoms with Crippen molar-refractivity contribution in [1.82, 2.24) is 0 Å². The summed E-state index contributed by atoms with van der Waals surface area (Å²) in [5, 5.41) is 6.94. The first-order valence-electron chi connectivity index (χ1n) is 15.8. The first kappa shape index (κ1) is 31.6. The predicted molar refractivity (Wildman–Crippen MR) is 199 cm³/mol. The monoisotopic (exact) mass is 662 g/mol. The van der Waals surface area contributed by atoms with E-state index in [-0.39, 0.29) is 11.6 Å². The standard InChI is InChI=1S/C42H34N2O2S2/c1-25-11-15-29(16-12-25)43-33-19-20-34(44-30-9-5-7-27(3)23-30)38-37(33)41(45)39-35(47-31-17-13-26(2)14-18-31)21-22-36(40(39)42(38)46)48-32-10-6-8-28(4)24-32/h5-24,43-44H,1-4H3. The van der Waals surface area contributed by atoms with Crippen molar-refractivity contribution in [2.45, 2.75) is 47.3 Å². The van der Waals surface area contributed by atoms with Gasteiger partial charge in [0.15, 0.2) is 11.6 Å². The Morgan fingerprint density at radius 3 is 1.48 bits per heavy atom. The molecule has 0 unspecified atom stereocenters. The lowest BCUT2D eigenvalue weighted by atomic mass is 9.82. The molecule has 7 rings (SSSR count). The summed E-state index contributed by atoms with van der Waals surface area (Å²) in [6.45, 7) is 8.17. The van der Waals surface area contributed by atoms with Crippen molar-refractivity contribution in [2.75, 3.05) is 10.6 Å². The summed E-state index contributed by atoms with van der Waals surface area (Å²) in [6.07, 6.45) is 0. The first-order valence-corrected chi connectivity index (χ1v) is 17.5. The maximum absolute atomic E-state index is 15.1. The Morgan fingerprint density at radius 2 is 0.917 bits per heavy atom. The third-order valence-corrected chi connectivity index (χ3v) is 10.5. The molecule has 0 atom stereocenters. The van der Waals surface area contributed by atoms with Crippen LogP contribution in [0.4, 0.5) is 22.7 Å². The van der Waals surface area contributed by atoms with Crippen molar-refractivity contribution in [3.05, 3.63) is 166 Å². The summed E-state index contributed by atoms with van der Waals surface area (Å²) < 4.78 is 0. The van der Waals surface area contributed by atoms with E-state index in [4.69, 9.17) is 0 Å². The summed E-state index contributed by atoms with van der Waals surface area (Å²) in [5.41, 5.74) is 9.01. The van der Waals surface area contributed by atoms with Crippen LogP contribution in [0.25, 0.3) is 0 Å². The fourth-order valence-corrected chi connectivity index (χ4v) is 7.97. The van der Waals surface area contributed by atoms with Gasteiger partial charge in [-0.25, -0.2) is 0 Å². The first-order chi connectivity index (χ1) is 23.2. The molecule has 0 amide bonds. The highest BCUT2D eigenvalue weighted by Gasteiger charge is 2.38. The molecule has 0 fully saturated rings. The SMILES string of the molecule is Cc1ccc(Nc2ccc(Nc3cccc(C)c3)c3c2C(=O)c2c(Sc4ccc(C)cc4)ccc(Sc4cccc(C)c4)c2C3=O)cc1. The second kappa shape index (κ2) is 13.2. The van der Waals surface area contributed by atoms with Crippen molar-refractivity contribution in [2.24, 2.45) is 0 Å². The maximum atomic E-state index is 15.1. The second-order valence-electron chi connectivity index (χ2n) is 12.2. The summed E-state index contributed by atoms with van der Waals surface area (Å²) in [7, 11) is 0. The number of aryl methyl sites for hydroxylation is 4. The van der Waals surface area contributed by atoms with E-state index in [1.54, 1.807) is 0 Å². The summed E-state index contributed by atoms with van der Waals surface area (Å²) in [5.74, 6) is -0.354. The average molecular weight is 663 g/mol. The highest BCUT2D eigenvalue weighted by molar-refractivity contribution is 8.00. The van der Waals surface area contributed by atoms with Crippen LogP contribution in [0, 0.1) is 27.7 Å². The molecule has 0 saturated heterocycles. The molecular weight excluding hydrogens is 629 g/mol. The Balaban J connectivity index is 1.43. The Hall–Kier alpha value is -5.04. The number of carbonyl (C=O) groups is 2. The molecule has 0 bridgehead atoms. The second-order valence-corrected chi connectivity index (χ2v) is 14.4. The lowest BCUT2D eigenvalue weighted by molar-refractivity contribution is 0.0976. The molecule has 236 valence electrons. The minimum absolute atomic E-state index is 0.177. The normalized spacial score (nSPS) is 12.0. The van der Waals surface area contributed by atoms with Crippen LogP contribution in [0.3, 0.4) is 0 Å². The van der Waals surface area contributed by atoms with Crippen LogP contribution in [-0.4, -0.2) is 11.6 Å². The van der Waals surface area contributed by atoms with Gasteiger partial charge >= 0.3 is 0 Å². The molecule has 0 aliphatic heterocycles. The zero-order valence-corrected chi connectivity index (χ0v) is 28.8. The number of nitrogens with one attached hydrogen (secondary N) is 2. The number of fused-ring (bicyclic) bond motifs is 2. The van der Waals surface area contributed by atoms with E-state index in [1.807, 2.05) is 98.8 Å². The molecule has 1 aliphatic carbocycles. The minimum atomic E-state index is -0.177. The molecule has 1 aliphatic rings. The van der Waals surface area contributed by atoms with Gasteiger partial charge < -0.3 is 10.6 Å².